The van der Waals surface area contributed by atoms with E-state index in [-0.39, 0.29) is 0 Å². The quantitative estimate of drug-likeness (QED) is 0.533. The topological polar surface area (TPSA) is 32.3 Å². The van der Waals surface area contributed by atoms with Crippen LogP contribution in [0.2, 0.25) is 0 Å². The van der Waals surface area contributed by atoms with Gasteiger partial charge in [-0.25, -0.2) is 18.7 Å². The van der Waals surface area contributed by atoms with Gasteiger partial charge in [0.05, 0.1) is 11.6 Å². The summed E-state index contributed by atoms with van der Waals surface area (Å²) in [4.78, 5) is 14.6. The fourth-order valence-corrected chi connectivity index (χ4v) is 5.80. The summed E-state index contributed by atoms with van der Waals surface area (Å²) in [5.41, 5.74) is 4.95. The van der Waals surface area contributed by atoms with Crippen LogP contribution >= 0.6 is 11.8 Å². The average Bonchev–Trinajstić information content (AvgIpc) is 3.19. The van der Waals surface area contributed by atoms with E-state index in [9.17, 15) is 8.78 Å². The molecule has 2 aromatic carbocycles. The number of aromatic nitrogens is 2. The number of hydrogen-bond acceptors (Lipinski definition) is 5. The van der Waals surface area contributed by atoms with Crippen LogP contribution < -0.4 is 9.80 Å². The van der Waals surface area contributed by atoms with Crippen LogP contribution in [0.1, 0.15) is 24.1 Å². The number of halogens is 2. The van der Waals surface area contributed by atoms with Gasteiger partial charge in [0.15, 0.2) is 11.6 Å². The van der Waals surface area contributed by atoms with E-state index in [1.54, 1.807) is 12.4 Å². The van der Waals surface area contributed by atoms with Crippen molar-refractivity contribution in [1.82, 2.24) is 9.97 Å². The van der Waals surface area contributed by atoms with Crippen molar-refractivity contribution in [3.05, 3.63) is 65.6 Å². The number of piperidine rings is 1. The maximum Gasteiger partial charge on any atom is 0.159 e. The molecule has 31 heavy (non-hydrogen) atoms. The number of hydrogen-bond donors (Lipinski definition) is 0. The SMILES string of the molecule is Cc1cc2c(c(-c3ccc(F)c(F)c3)c1)N(C1CCN(c3cc(C)ncn3)CC1)CS2. The highest BCUT2D eigenvalue weighted by Crippen LogP contribution is 2.47. The molecule has 0 radical (unpaired) electrons. The molecular formula is C24H24F2N4S. The van der Waals surface area contributed by atoms with Gasteiger partial charge in [-0.3, -0.25) is 0 Å². The Morgan fingerprint density at radius 1 is 0.968 bits per heavy atom. The molecule has 5 rings (SSSR count). The van der Waals surface area contributed by atoms with Crippen molar-refractivity contribution in [2.45, 2.75) is 37.6 Å². The van der Waals surface area contributed by atoms with Crippen LogP contribution in [0.15, 0.2) is 47.6 Å². The predicted octanol–water partition coefficient (Wildman–Crippen LogP) is 5.58. The summed E-state index contributed by atoms with van der Waals surface area (Å²) < 4.78 is 27.5. The first kappa shape index (κ1) is 20.2. The van der Waals surface area contributed by atoms with Gasteiger partial charge in [-0.05, 0) is 62.1 Å². The third-order valence-electron chi connectivity index (χ3n) is 6.11. The molecule has 0 bridgehead atoms. The Kier molecular flexibility index (Phi) is 5.30. The minimum atomic E-state index is -0.813. The van der Waals surface area contributed by atoms with Crippen molar-refractivity contribution >= 4 is 23.3 Å². The Labute approximate surface area is 185 Å². The number of nitrogens with zero attached hydrogens (tertiary/aromatic N) is 4. The molecule has 0 aliphatic carbocycles. The molecule has 3 heterocycles. The number of anilines is 2. The van der Waals surface area contributed by atoms with Gasteiger partial charge in [0.2, 0.25) is 0 Å². The Bertz CT molecular complexity index is 1130. The minimum Gasteiger partial charge on any atom is -0.357 e. The van der Waals surface area contributed by atoms with Gasteiger partial charge >= 0.3 is 0 Å². The first-order chi connectivity index (χ1) is 15.0. The lowest BCUT2D eigenvalue weighted by atomic mass is 9.97. The van der Waals surface area contributed by atoms with E-state index >= 15 is 0 Å². The normalized spacial score (nSPS) is 16.6. The van der Waals surface area contributed by atoms with Crippen LogP contribution in [0.25, 0.3) is 11.1 Å². The second kappa shape index (κ2) is 8.11. The van der Waals surface area contributed by atoms with E-state index in [1.165, 1.54) is 17.0 Å². The summed E-state index contributed by atoms with van der Waals surface area (Å²) in [7, 11) is 0. The fraction of sp³-hybridized carbons (Fsp3) is 0.333. The predicted molar refractivity (Wildman–Crippen MR) is 122 cm³/mol. The maximum absolute atomic E-state index is 14.0. The molecule has 2 aliphatic heterocycles. The third-order valence-corrected chi connectivity index (χ3v) is 7.14. The second-order valence-corrected chi connectivity index (χ2v) is 9.25. The Balaban J connectivity index is 1.42. The first-order valence-corrected chi connectivity index (χ1v) is 11.5. The van der Waals surface area contributed by atoms with E-state index < -0.39 is 11.6 Å². The molecule has 0 atom stereocenters. The van der Waals surface area contributed by atoms with Gasteiger partial charge in [-0.1, -0.05) is 6.07 Å². The molecule has 2 aliphatic rings. The number of benzene rings is 2. The average molecular weight is 439 g/mol. The highest BCUT2D eigenvalue weighted by atomic mass is 32.2. The lowest BCUT2D eigenvalue weighted by Crippen LogP contribution is -2.44. The van der Waals surface area contributed by atoms with Crippen LogP contribution in [0.4, 0.5) is 20.3 Å². The van der Waals surface area contributed by atoms with Crippen molar-refractivity contribution in [3.8, 4) is 11.1 Å². The lowest BCUT2D eigenvalue weighted by molar-refractivity contribution is 0.478. The monoisotopic (exact) mass is 438 g/mol. The third kappa shape index (κ3) is 3.87. The van der Waals surface area contributed by atoms with E-state index in [4.69, 9.17) is 0 Å². The molecule has 7 heteroatoms. The van der Waals surface area contributed by atoms with E-state index in [1.807, 2.05) is 24.8 Å². The molecule has 160 valence electrons. The Morgan fingerprint density at radius 3 is 2.52 bits per heavy atom. The fourth-order valence-electron chi connectivity index (χ4n) is 4.55. The van der Waals surface area contributed by atoms with E-state index in [2.05, 4.69) is 38.8 Å². The highest BCUT2D eigenvalue weighted by molar-refractivity contribution is 7.99. The van der Waals surface area contributed by atoms with Crippen LogP contribution in [-0.2, 0) is 0 Å². The zero-order chi connectivity index (χ0) is 21.5. The smallest absolute Gasteiger partial charge is 0.159 e. The van der Waals surface area contributed by atoms with Gasteiger partial charge in [-0.15, -0.1) is 11.8 Å². The molecule has 0 N–H and O–H groups in total. The number of rotatable bonds is 3. The zero-order valence-corrected chi connectivity index (χ0v) is 18.4. The van der Waals surface area contributed by atoms with Crippen molar-refractivity contribution in [1.29, 1.82) is 0 Å². The molecule has 0 spiro atoms. The summed E-state index contributed by atoms with van der Waals surface area (Å²) in [6.07, 6.45) is 3.67. The summed E-state index contributed by atoms with van der Waals surface area (Å²) in [5, 5.41) is 0. The van der Waals surface area contributed by atoms with Crippen LogP contribution in [-0.4, -0.2) is 35.0 Å². The zero-order valence-electron chi connectivity index (χ0n) is 17.6. The summed E-state index contributed by atoms with van der Waals surface area (Å²) in [5.74, 6) is 0.248. The molecule has 1 aromatic heterocycles. The second-order valence-electron chi connectivity index (χ2n) is 8.27. The van der Waals surface area contributed by atoms with Gasteiger partial charge in [0.1, 0.15) is 12.1 Å². The molecule has 1 saturated heterocycles. The molecule has 0 amide bonds. The minimum absolute atomic E-state index is 0.402. The summed E-state index contributed by atoms with van der Waals surface area (Å²) in [6.45, 7) is 5.90. The van der Waals surface area contributed by atoms with E-state index in [0.29, 0.717) is 6.04 Å². The molecule has 4 nitrogen and oxygen atoms in total. The van der Waals surface area contributed by atoms with Gasteiger partial charge in [-0.2, -0.15) is 0 Å². The molecule has 0 saturated carbocycles. The summed E-state index contributed by atoms with van der Waals surface area (Å²) in [6, 6.07) is 10.9. The number of thioether (sulfide) groups is 1. The van der Waals surface area contributed by atoms with Crippen molar-refractivity contribution < 1.29 is 8.78 Å². The number of aryl methyl sites for hydroxylation is 2. The van der Waals surface area contributed by atoms with Gasteiger partial charge < -0.3 is 9.80 Å². The highest BCUT2D eigenvalue weighted by Gasteiger charge is 2.32. The largest absolute Gasteiger partial charge is 0.357 e. The van der Waals surface area contributed by atoms with Crippen molar-refractivity contribution in [2.24, 2.45) is 0 Å². The Morgan fingerprint density at radius 2 is 1.77 bits per heavy atom. The van der Waals surface area contributed by atoms with Crippen molar-refractivity contribution in [2.75, 3.05) is 28.8 Å². The summed E-state index contributed by atoms with van der Waals surface area (Å²) >= 11 is 1.82. The molecule has 3 aromatic rings. The van der Waals surface area contributed by atoms with Gasteiger partial charge in [0, 0.05) is 41.4 Å². The Hall–Kier alpha value is -2.67. The lowest BCUT2D eigenvalue weighted by Gasteiger charge is -2.38. The maximum atomic E-state index is 14.0. The molecule has 0 unspecified atom stereocenters. The van der Waals surface area contributed by atoms with Crippen molar-refractivity contribution in [3.63, 3.8) is 0 Å². The van der Waals surface area contributed by atoms with Crippen LogP contribution in [0.3, 0.4) is 0 Å². The van der Waals surface area contributed by atoms with Crippen LogP contribution in [0.5, 0.6) is 0 Å². The molecular weight excluding hydrogens is 414 g/mol. The standard InChI is InChI=1S/C24H24F2N4S/c1-15-9-19(17-3-4-20(25)21(26)12-17)24-22(10-15)31-14-30(24)18-5-7-29(8-6-18)23-11-16(2)27-13-28-23/h3-4,9-13,18H,5-8,14H2,1-2H3. The van der Waals surface area contributed by atoms with Gasteiger partial charge in [0.25, 0.3) is 0 Å². The van der Waals surface area contributed by atoms with E-state index in [0.717, 1.165) is 65.7 Å². The first-order valence-electron chi connectivity index (χ1n) is 10.5. The van der Waals surface area contributed by atoms with Crippen LogP contribution in [0, 0.1) is 25.5 Å². The number of fused-ring (bicyclic) bond motifs is 1. The molecule has 1 fully saturated rings.